The van der Waals surface area contributed by atoms with Crippen molar-refractivity contribution in [3.8, 4) is 0 Å². The van der Waals surface area contributed by atoms with Crippen LogP contribution in [0.1, 0.15) is 27.0 Å². The van der Waals surface area contributed by atoms with E-state index in [-0.39, 0.29) is 11.9 Å². The van der Waals surface area contributed by atoms with Crippen LogP contribution in [-0.2, 0) is 6.42 Å². The smallest absolute Gasteiger partial charge is 0.251 e. The minimum atomic E-state index is -0.0804. The molecule has 1 aromatic heterocycles. The first-order valence-corrected chi connectivity index (χ1v) is 8.25. The Morgan fingerprint density at radius 3 is 2.75 bits per heavy atom. The number of halogens is 2. The van der Waals surface area contributed by atoms with E-state index in [9.17, 15) is 4.79 Å². The Labute approximate surface area is 136 Å². The highest BCUT2D eigenvalue weighted by Crippen LogP contribution is 2.23. The van der Waals surface area contributed by atoms with Gasteiger partial charge in [0.15, 0.2) is 0 Å². The molecule has 0 bridgehead atoms. The molecule has 2 nitrogen and oxygen atoms in total. The minimum absolute atomic E-state index is 0.0804. The van der Waals surface area contributed by atoms with Gasteiger partial charge in [0.25, 0.3) is 5.91 Å². The van der Waals surface area contributed by atoms with Crippen molar-refractivity contribution in [2.24, 2.45) is 0 Å². The molecule has 0 aliphatic rings. The van der Waals surface area contributed by atoms with Crippen LogP contribution in [0, 0.1) is 6.92 Å². The van der Waals surface area contributed by atoms with Crippen molar-refractivity contribution >= 4 is 44.8 Å². The van der Waals surface area contributed by atoms with E-state index in [2.05, 4.69) is 40.3 Å². The van der Waals surface area contributed by atoms with Gasteiger partial charge >= 0.3 is 0 Å². The zero-order chi connectivity index (χ0) is 14.7. The van der Waals surface area contributed by atoms with Crippen molar-refractivity contribution in [3.63, 3.8) is 0 Å². The summed E-state index contributed by atoms with van der Waals surface area (Å²) in [6.45, 7) is 4.10. The maximum absolute atomic E-state index is 12.1. The fourth-order valence-corrected chi connectivity index (χ4v) is 3.41. The van der Waals surface area contributed by atoms with E-state index in [1.54, 1.807) is 29.5 Å². The highest BCUT2D eigenvalue weighted by Gasteiger charge is 2.12. The average Bonchev–Trinajstić information content (AvgIpc) is 2.77. The number of rotatable bonds is 4. The number of aryl methyl sites for hydroxylation is 1. The van der Waals surface area contributed by atoms with Crippen LogP contribution in [0.3, 0.4) is 0 Å². The lowest BCUT2D eigenvalue weighted by Gasteiger charge is -2.13. The van der Waals surface area contributed by atoms with Crippen LogP contribution >= 0.6 is 38.9 Å². The van der Waals surface area contributed by atoms with Gasteiger partial charge in [-0.05, 0) is 60.1 Å². The molecule has 1 atom stereocenters. The van der Waals surface area contributed by atoms with Gasteiger partial charge in [-0.1, -0.05) is 11.6 Å². The van der Waals surface area contributed by atoms with Crippen molar-refractivity contribution in [1.29, 1.82) is 0 Å². The number of carbonyl (C=O) groups excluding carboxylic acids is 1. The van der Waals surface area contributed by atoms with Crippen LogP contribution in [0.2, 0.25) is 5.02 Å². The van der Waals surface area contributed by atoms with Crippen molar-refractivity contribution < 1.29 is 4.79 Å². The van der Waals surface area contributed by atoms with Gasteiger partial charge in [0.2, 0.25) is 0 Å². The predicted octanol–water partition coefficient (Wildman–Crippen LogP) is 4.83. The summed E-state index contributed by atoms with van der Waals surface area (Å²) in [4.78, 5) is 14.7. The van der Waals surface area contributed by atoms with E-state index in [1.807, 2.05) is 6.92 Å². The molecule has 0 aliphatic heterocycles. The third-order valence-corrected chi connectivity index (χ3v) is 5.10. The second-order valence-electron chi connectivity index (χ2n) is 4.72. The number of benzene rings is 1. The molecule has 1 N–H and O–H groups in total. The molecule has 5 heteroatoms. The van der Waals surface area contributed by atoms with E-state index < -0.39 is 0 Å². The predicted molar refractivity (Wildman–Crippen MR) is 88.8 cm³/mol. The Balaban J connectivity index is 1.98. The summed E-state index contributed by atoms with van der Waals surface area (Å²) in [5.74, 6) is -0.0804. The topological polar surface area (TPSA) is 29.1 Å². The lowest BCUT2D eigenvalue weighted by Crippen LogP contribution is -2.33. The number of nitrogens with one attached hydrogen (secondary N) is 1. The molecule has 1 amide bonds. The Morgan fingerprint density at radius 1 is 1.40 bits per heavy atom. The molecule has 0 fully saturated rings. The second-order valence-corrected chi connectivity index (χ2v) is 7.35. The fraction of sp³-hybridized carbons (Fsp3) is 0.267. The molecular formula is C15H15BrClNOS. The van der Waals surface area contributed by atoms with Crippen LogP contribution < -0.4 is 5.32 Å². The van der Waals surface area contributed by atoms with Gasteiger partial charge in [-0.2, -0.15) is 0 Å². The van der Waals surface area contributed by atoms with Crippen LogP contribution in [-0.4, -0.2) is 11.9 Å². The van der Waals surface area contributed by atoms with Crippen LogP contribution in [0.15, 0.2) is 34.8 Å². The van der Waals surface area contributed by atoms with Crippen LogP contribution in [0.4, 0.5) is 0 Å². The minimum Gasteiger partial charge on any atom is -0.349 e. The number of amides is 1. The molecule has 1 heterocycles. The third-order valence-electron chi connectivity index (χ3n) is 2.86. The Kier molecular flexibility index (Phi) is 5.24. The van der Waals surface area contributed by atoms with E-state index >= 15 is 0 Å². The van der Waals surface area contributed by atoms with Crippen molar-refractivity contribution in [1.82, 2.24) is 5.32 Å². The fourth-order valence-electron chi connectivity index (χ4n) is 1.89. The summed E-state index contributed by atoms with van der Waals surface area (Å²) in [6, 6.07) is 9.49. The van der Waals surface area contributed by atoms with Crippen LogP contribution in [0.25, 0.3) is 0 Å². The molecular weight excluding hydrogens is 358 g/mol. The molecule has 1 aromatic carbocycles. The summed E-state index contributed by atoms with van der Waals surface area (Å²) in [5.41, 5.74) is 0.607. The molecule has 0 spiro atoms. The van der Waals surface area contributed by atoms with Crippen LogP contribution in [0.5, 0.6) is 0 Å². The van der Waals surface area contributed by atoms with Gasteiger partial charge in [0, 0.05) is 32.3 Å². The Hall–Kier alpha value is -0.840. The van der Waals surface area contributed by atoms with E-state index in [4.69, 9.17) is 11.6 Å². The summed E-state index contributed by atoms with van der Waals surface area (Å²) in [5, 5.41) is 3.61. The highest BCUT2D eigenvalue weighted by molar-refractivity contribution is 9.10. The highest BCUT2D eigenvalue weighted by atomic mass is 79.9. The van der Waals surface area contributed by atoms with E-state index in [0.717, 1.165) is 10.9 Å². The van der Waals surface area contributed by atoms with Gasteiger partial charge in [-0.3, -0.25) is 4.79 Å². The zero-order valence-electron chi connectivity index (χ0n) is 11.2. The normalized spacial score (nSPS) is 12.2. The molecule has 0 radical (unpaired) electrons. The molecule has 0 saturated heterocycles. The standard InChI is InChI=1S/C15H15BrClNOS/c1-9(7-12-5-3-10(2)20-12)18-15(19)11-4-6-14(17)13(16)8-11/h3-6,8-9H,7H2,1-2H3,(H,18,19). The average molecular weight is 373 g/mol. The number of carbonyl (C=O) groups is 1. The largest absolute Gasteiger partial charge is 0.349 e. The first kappa shape index (κ1) is 15.5. The number of hydrogen-bond acceptors (Lipinski definition) is 2. The molecule has 2 aromatic rings. The Morgan fingerprint density at radius 2 is 2.15 bits per heavy atom. The monoisotopic (exact) mass is 371 g/mol. The third kappa shape index (κ3) is 4.08. The van der Waals surface area contributed by atoms with Gasteiger partial charge in [0.1, 0.15) is 0 Å². The molecule has 20 heavy (non-hydrogen) atoms. The lowest BCUT2D eigenvalue weighted by atomic mass is 10.1. The maximum Gasteiger partial charge on any atom is 0.251 e. The molecule has 106 valence electrons. The molecule has 0 saturated carbocycles. The van der Waals surface area contributed by atoms with Gasteiger partial charge in [0.05, 0.1) is 5.02 Å². The van der Waals surface area contributed by atoms with Gasteiger partial charge < -0.3 is 5.32 Å². The molecule has 2 rings (SSSR count). The molecule has 0 aliphatic carbocycles. The van der Waals surface area contributed by atoms with Crippen molar-refractivity contribution in [2.75, 3.05) is 0 Å². The van der Waals surface area contributed by atoms with Gasteiger partial charge in [-0.25, -0.2) is 0 Å². The first-order valence-electron chi connectivity index (χ1n) is 6.27. The van der Waals surface area contributed by atoms with E-state index in [1.165, 1.54) is 9.75 Å². The number of thiophene rings is 1. The first-order chi connectivity index (χ1) is 9.45. The summed E-state index contributed by atoms with van der Waals surface area (Å²) >= 11 is 11.0. The zero-order valence-corrected chi connectivity index (χ0v) is 14.4. The molecule has 1 unspecified atom stereocenters. The maximum atomic E-state index is 12.1. The quantitative estimate of drug-likeness (QED) is 0.818. The van der Waals surface area contributed by atoms with Gasteiger partial charge in [-0.15, -0.1) is 11.3 Å². The summed E-state index contributed by atoms with van der Waals surface area (Å²) < 4.78 is 0.730. The lowest BCUT2D eigenvalue weighted by molar-refractivity contribution is 0.0940. The summed E-state index contributed by atoms with van der Waals surface area (Å²) in [7, 11) is 0. The summed E-state index contributed by atoms with van der Waals surface area (Å²) in [6.07, 6.45) is 0.846. The van der Waals surface area contributed by atoms with Crippen molar-refractivity contribution in [3.05, 3.63) is 55.1 Å². The van der Waals surface area contributed by atoms with E-state index in [0.29, 0.717) is 10.6 Å². The Bertz CT molecular complexity index is 626. The second kappa shape index (κ2) is 6.74. The van der Waals surface area contributed by atoms with Crippen molar-refractivity contribution in [2.45, 2.75) is 26.3 Å². The SMILES string of the molecule is Cc1ccc(CC(C)NC(=O)c2ccc(Cl)c(Br)c2)s1. The number of hydrogen-bond donors (Lipinski definition) is 1.